The number of hydrogen-bond acceptors (Lipinski definition) is 3. The molecule has 0 aliphatic rings. The molecule has 0 bridgehead atoms. The Bertz CT molecular complexity index is 3110. The molecule has 0 radical (unpaired) electrons. The van der Waals surface area contributed by atoms with Crippen LogP contribution in [-0.2, 0) is 0 Å². The van der Waals surface area contributed by atoms with Crippen LogP contribution in [0.2, 0.25) is 0 Å². The van der Waals surface area contributed by atoms with E-state index in [1.54, 1.807) is 0 Å². The molecular weight excluding hydrogens is 629 g/mol. The minimum atomic E-state index is 0.875. The highest BCUT2D eigenvalue weighted by atomic mass is 32.1. The third-order valence-corrected chi connectivity index (χ3v) is 11.4. The highest BCUT2D eigenvalue weighted by Crippen LogP contribution is 2.48. The Morgan fingerprint density at radius 1 is 0.440 bits per heavy atom. The van der Waals surface area contributed by atoms with Gasteiger partial charge in [0.25, 0.3) is 0 Å². The lowest BCUT2D eigenvalue weighted by Gasteiger charge is -2.28. The van der Waals surface area contributed by atoms with Crippen LogP contribution < -0.4 is 4.90 Å². The summed E-state index contributed by atoms with van der Waals surface area (Å²) < 4.78 is 11.5. The van der Waals surface area contributed by atoms with Crippen molar-refractivity contribution in [1.82, 2.24) is 4.57 Å². The molecular formula is C46H28N2OS. The minimum Gasteiger partial charge on any atom is -0.456 e. The predicted octanol–water partition coefficient (Wildman–Crippen LogP) is 13.7. The second-order valence-corrected chi connectivity index (χ2v) is 13.9. The largest absolute Gasteiger partial charge is 0.456 e. The molecule has 3 nitrogen and oxygen atoms in total. The first-order chi connectivity index (χ1) is 24.8. The van der Waals surface area contributed by atoms with Gasteiger partial charge in [0.2, 0.25) is 0 Å². The topological polar surface area (TPSA) is 21.3 Å². The van der Waals surface area contributed by atoms with Crippen molar-refractivity contribution in [1.29, 1.82) is 0 Å². The van der Waals surface area contributed by atoms with E-state index >= 15 is 0 Å². The highest BCUT2D eigenvalue weighted by molar-refractivity contribution is 7.26. The van der Waals surface area contributed by atoms with E-state index in [1.165, 1.54) is 47.2 Å². The van der Waals surface area contributed by atoms with E-state index < -0.39 is 0 Å². The molecule has 0 atom stereocenters. The molecule has 234 valence electrons. The van der Waals surface area contributed by atoms with Gasteiger partial charge in [-0.1, -0.05) is 109 Å². The molecule has 0 aliphatic heterocycles. The van der Waals surface area contributed by atoms with Gasteiger partial charge in [0.05, 0.1) is 27.8 Å². The number of thiophene rings is 1. The maximum atomic E-state index is 6.45. The fourth-order valence-electron chi connectivity index (χ4n) is 8.02. The summed E-state index contributed by atoms with van der Waals surface area (Å²) in [6, 6.07) is 61.2. The van der Waals surface area contributed by atoms with Gasteiger partial charge in [0, 0.05) is 58.5 Å². The Hall–Kier alpha value is -6.36. The molecule has 11 aromatic rings. The Morgan fingerprint density at radius 2 is 1.08 bits per heavy atom. The van der Waals surface area contributed by atoms with Gasteiger partial charge < -0.3 is 13.9 Å². The first-order valence-corrected chi connectivity index (χ1v) is 17.8. The van der Waals surface area contributed by atoms with E-state index in [0.717, 1.165) is 50.2 Å². The number of furan rings is 1. The Labute approximate surface area is 291 Å². The maximum Gasteiger partial charge on any atom is 0.137 e. The molecule has 0 N–H and O–H groups in total. The number of hydrogen-bond donors (Lipinski definition) is 0. The first-order valence-electron chi connectivity index (χ1n) is 16.9. The lowest BCUT2D eigenvalue weighted by atomic mass is 10.0. The molecule has 50 heavy (non-hydrogen) atoms. The van der Waals surface area contributed by atoms with Gasteiger partial charge in [0.15, 0.2) is 0 Å². The molecule has 0 aliphatic carbocycles. The summed E-state index contributed by atoms with van der Waals surface area (Å²) in [5.41, 5.74) is 8.55. The molecule has 0 saturated heterocycles. The van der Waals surface area contributed by atoms with E-state index in [9.17, 15) is 0 Å². The number of anilines is 3. The standard InChI is InChI=1S/C46H28N2OS/c1-2-12-29(13-3-1)47-38-18-7-4-14-31(38)32-25-24-30(28-41(32)47)48(40-20-11-22-43-45(40)37-16-5-8-21-42(37)49-43)39-19-10-17-35-33(39)26-27-36-34-15-6-9-23-44(34)50-46(35)36/h1-28H. The third-order valence-electron chi connectivity index (χ3n) is 10.2. The van der Waals surface area contributed by atoms with E-state index in [4.69, 9.17) is 4.42 Å². The Morgan fingerprint density at radius 3 is 2.00 bits per heavy atom. The average molecular weight is 657 g/mol. The Balaban J connectivity index is 1.25. The minimum absolute atomic E-state index is 0.875. The molecule has 3 aromatic heterocycles. The monoisotopic (exact) mass is 656 g/mol. The van der Waals surface area contributed by atoms with Gasteiger partial charge in [-0.25, -0.2) is 0 Å². The number of fused-ring (bicyclic) bond motifs is 11. The molecule has 0 unspecified atom stereocenters. The lowest BCUT2D eigenvalue weighted by molar-refractivity contribution is 0.669. The van der Waals surface area contributed by atoms with Crippen molar-refractivity contribution >= 4 is 103 Å². The summed E-state index contributed by atoms with van der Waals surface area (Å²) in [5.74, 6) is 0. The zero-order chi connectivity index (χ0) is 32.8. The maximum absolute atomic E-state index is 6.45. The quantitative estimate of drug-likeness (QED) is 0.188. The molecule has 3 heterocycles. The number of benzene rings is 8. The second-order valence-electron chi connectivity index (χ2n) is 12.9. The van der Waals surface area contributed by atoms with Crippen LogP contribution in [0.15, 0.2) is 174 Å². The molecule has 8 aromatic carbocycles. The summed E-state index contributed by atoms with van der Waals surface area (Å²) in [6.07, 6.45) is 0. The zero-order valence-corrected chi connectivity index (χ0v) is 27.7. The number of nitrogens with zero attached hydrogens (tertiary/aromatic N) is 2. The van der Waals surface area contributed by atoms with Crippen molar-refractivity contribution in [3.63, 3.8) is 0 Å². The normalized spacial score (nSPS) is 12.0. The van der Waals surface area contributed by atoms with Gasteiger partial charge in [-0.05, 0) is 60.7 Å². The van der Waals surface area contributed by atoms with Crippen LogP contribution in [0.25, 0.3) is 80.4 Å². The molecule has 0 saturated carbocycles. The fourth-order valence-corrected chi connectivity index (χ4v) is 9.25. The van der Waals surface area contributed by atoms with Crippen LogP contribution in [0.1, 0.15) is 0 Å². The lowest BCUT2D eigenvalue weighted by Crippen LogP contribution is -2.11. The van der Waals surface area contributed by atoms with Crippen molar-refractivity contribution in [2.24, 2.45) is 0 Å². The molecule has 4 heteroatoms. The molecule has 11 rings (SSSR count). The summed E-state index contributed by atoms with van der Waals surface area (Å²) in [5, 5.41) is 9.76. The number of rotatable bonds is 4. The summed E-state index contributed by atoms with van der Waals surface area (Å²) in [6.45, 7) is 0. The van der Waals surface area contributed by atoms with Crippen molar-refractivity contribution in [3.8, 4) is 5.69 Å². The number of aromatic nitrogens is 1. The van der Waals surface area contributed by atoms with Gasteiger partial charge in [-0.15, -0.1) is 11.3 Å². The van der Waals surface area contributed by atoms with Crippen LogP contribution in [0.4, 0.5) is 17.1 Å². The molecule has 0 fully saturated rings. The van der Waals surface area contributed by atoms with Crippen LogP contribution in [-0.4, -0.2) is 4.57 Å². The first kappa shape index (κ1) is 27.6. The van der Waals surface area contributed by atoms with Crippen LogP contribution >= 0.6 is 11.3 Å². The average Bonchev–Trinajstić information content (AvgIpc) is 3.85. The predicted molar refractivity (Wildman–Crippen MR) is 213 cm³/mol. The van der Waals surface area contributed by atoms with E-state index in [-0.39, 0.29) is 0 Å². The smallest absolute Gasteiger partial charge is 0.137 e. The van der Waals surface area contributed by atoms with Crippen molar-refractivity contribution in [2.75, 3.05) is 4.90 Å². The van der Waals surface area contributed by atoms with Gasteiger partial charge in [-0.3, -0.25) is 0 Å². The van der Waals surface area contributed by atoms with Crippen LogP contribution in [0.5, 0.6) is 0 Å². The second kappa shape index (κ2) is 10.6. The van der Waals surface area contributed by atoms with Gasteiger partial charge in [-0.2, -0.15) is 0 Å². The number of para-hydroxylation sites is 3. The summed E-state index contributed by atoms with van der Waals surface area (Å²) in [7, 11) is 0. The van der Waals surface area contributed by atoms with Crippen molar-refractivity contribution < 1.29 is 4.42 Å². The van der Waals surface area contributed by atoms with E-state index in [0.29, 0.717) is 0 Å². The van der Waals surface area contributed by atoms with Crippen LogP contribution in [0.3, 0.4) is 0 Å². The summed E-state index contributed by atoms with van der Waals surface area (Å²) in [4.78, 5) is 2.44. The van der Waals surface area contributed by atoms with Crippen molar-refractivity contribution in [2.45, 2.75) is 0 Å². The highest BCUT2D eigenvalue weighted by Gasteiger charge is 2.23. The van der Waals surface area contributed by atoms with E-state index in [1.807, 2.05) is 17.4 Å². The summed E-state index contributed by atoms with van der Waals surface area (Å²) >= 11 is 1.88. The van der Waals surface area contributed by atoms with Gasteiger partial charge in [0.1, 0.15) is 11.2 Å². The third kappa shape index (κ3) is 3.91. The molecule has 0 spiro atoms. The fraction of sp³-hybridized carbons (Fsp3) is 0. The SMILES string of the molecule is c1ccc(-n2c3ccccc3c3ccc(N(c4cccc5c4ccc4c6ccccc6sc54)c4cccc5oc6ccccc6c45)cc32)cc1. The van der Waals surface area contributed by atoms with Crippen LogP contribution in [0, 0.1) is 0 Å². The van der Waals surface area contributed by atoms with E-state index in [2.05, 4.69) is 173 Å². The Kier molecular flexibility index (Phi) is 5.83. The van der Waals surface area contributed by atoms with Gasteiger partial charge >= 0.3 is 0 Å². The van der Waals surface area contributed by atoms with Crippen molar-refractivity contribution in [3.05, 3.63) is 170 Å². The molecule has 0 amide bonds. The zero-order valence-electron chi connectivity index (χ0n) is 26.9.